The Hall–Kier alpha value is 0.780. The molecule has 154 valence electrons. The van der Waals surface area contributed by atoms with Crippen LogP contribution in [0, 0.1) is 0 Å². The fraction of sp³-hybridized carbons (Fsp3) is 1.00. The maximum atomic E-state index is 7.25. The highest BCUT2D eigenvalue weighted by Gasteiger charge is 2.47. The zero-order chi connectivity index (χ0) is 18.4. The van der Waals surface area contributed by atoms with E-state index >= 15 is 0 Å². The molecule has 5 aliphatic rings. The van der Waals surface area contributed by atoms with Gasteiger partial charge in [0.05, 0.1) is 0 Å². The summed E-state index contributed by atoms with van der Waals surface area (Å²) in [5.41, 5.74) is 0. The number of nitrogens with zero attached hydrogens (tertiary/aromatic N) is 6. The Morgan fingerprint density at radius 3 is 1.85 bits per heavy atom. The maximum absolute atomic E-state index is 7.25. The minimum Gasteiger partial charge on any atom is -0.253 e. The number of rotatable bonds is 2. The standard InChI is InChI=1S/C15H32ClN8P3/c16-25-17-8-1-2-10-22-15-7-9-18-26(22,19-25)21-27(20-25,23-11-3-4-12-23)24-13-5-6-14-24/h17-18H,1-15H2. The van der Waals surface area contributed by atoms with Crippen molar-refractivity contribution in [1.29, 1.82) is 0 Å². The molecule has 0 radical (unpaired) electrons. The summed E-state index contributed by atoms with van der Waals surface area (Å²) in [4.78, 5) is 0. The van der Waals surface area contributed by atoms with Gasteiger partial charge in [0.1, 0.15) is 0 Å². The maximum Gasteiger partial charge on any atom is 0.236 e. The normalized spacial score (nSPS) is 40.8. The molecule has 0 aromatic rings. The van der Waals surface area contributed by atoms with Crippen molar-refractivity contribution in [1.82, 2.24) is 24.2 Å². The van der Waals surface area contributed by atoms with E-state index < -0.39 is 21.7 Å². The first kappa shape index (κ1) is 19.7. The van der Waals surface area contributed by atoms with Crippen LogP contribution >= 0.6 is 33.0 Å². The smallest absolute Gasteiger partial charge is 0.236 e. The Bertz CT molecular complexity index is 723. The molecule has 0 aliphatic carbocycles. The van der Waals surface area contributed by atoms with Crippen LogP contribution in [0.15, 0.2) is 13.5 Å². The van der Waals surface area contributed by atoms with Crippen molar-refractivity contribution in [3.8, 4) is 0 Å². The molecule has 5 aliphatic heterocycles. The van der Waals surface area contributed by atoms with E-state index in [9.17, 15) is 0 Å². The predicted molar refractivity (Wildman–Crippen MR) is 117 cm³/mol. The molecule has 27 heavy (non-hydrogen) atoms. The molecule has 0 aromatic carbocycles. The topological polar surface area (TPSA) is 70.9 Å². The van der Waals surface area contributed by atoms with Crippen LogP contribution in [0.1, 0.15) is 44.9 Å². The molecule has 12 heteroatoms. The van der Waals surface area contributed by atoms with E-state index in [1.165, 1.54) is 38.5 Å². The van der Waals surface area contributed by atoms with Crippen LogP contribution in [0.4, 0.5) is 0 Å². The summed E-state index contributed by atoms with van der Waals surface area (Å²) in [5.74, 6) is 0. The number of halogens is 1. The quantitative estimate of drug-likeness (QED) is 0.580. The van der Waals surface area contributed by atoms with Gasteiger partial charge in [-0.15, -0.1) is 0 Å². The first-order valence-electron chi connectivity index (χ1n) is 10.5. The van der Waals surface area contributed by atoms with Crippen LogP contribution in [0.3, 0.4) is 0 Å². The van der Waals surface area contributed by atoms with Gasteiger partial charge in [-0.2, -0.15) is 13.5 Å². The van der Waals surface area contributed by atoms with Gasteiger partial charge < -0.3 is 0 Å². The molecule has 2 N–H and O–H groups in total. The van der Waals surface area contributed by atoms with Gasteiger partial charge in [0.2, 0.25) is 21.7 Å². The van der Waals surface area contributed by atoms with Crippen LogP contribution in [-0.2, 0) is 0 Å². The van der Waals surface area contributed by atoms with Gasteiger partial charge in [-0.05, 0) is 56.2 Å². The van der Waals surface area contributed by atoms with E-state index in [0.717, 1.165) is 58.8 Å². The zero-order valence-corrected chi connectivity index (χ0v) is 19.4. The molecular weight excluding hydrogens is 421 g/mol. The van der Waals surface area contributed by atoms with Crippen LogP contribution < -0.4 is 10.2 Å². The summed E-state index contributed by atoms with van der Waals surface area (Å²) < 4.78 is 24.2. The molecule has 0 aromatic heterocycles. The van der Waals surface area contributed by atoms with E-state index in [4.69, 9.17) is 24.8 Å². The average molecular weight is 453 g/mol. The van der Waals surface area contributed by atoms with Gasteiger partial charge in [0.15, 0.2) is 0 Å². The van der Waals surface area contributed by atoms with Gasteiger partial charge in [-0.25, -0.2) is 14.0 Å². The summed E-state index contributed by atoms with van der Waals surface area (Å²) in [5, 5.41) is 7.43. The second-order valence-corrected chi connectivity index (χ2v) is 17.2. The highest BCUT2D eigenvalue weighted by molar-refractivity contribution is 7.96. The number of hydrogen-bond donors (Lipinski definition) is 2. The summed E-state index contributed by atoms with van der Waals surface area (Å²) in [6, 6.07) is 0. The van der Waals surface area contributed by atoms with Gasteiger partial charge in [-0.3, -0.25) is 10.2 Å². The molecule has 2 unspecified atom stereocenters. The van der Waals surface area contributed by atoms with Crippen molar-refractivity contribution in [2.45, 2.75) is 44.9 Å². The van der Waals surface area contributed by atoms with Gasteiger partial charge in [0, 0.05) is 52.4 Å². The van der Waals surface area contributed by atoms with Gasteiger partial charge in [-0.1, -0.05) is 0 Å². The third-order valence-electron chi connectivity index (χ3n) is 6.12. The average Bonchev–Trinajstić information content (AvgIpc) is 3.36. The Labute approximate surface area is 168 Å². The Morgan fingerprint density at radius 2 is 1.15 bits per heavy atom. The van der Waals surface area contributed by atoms with Gasteiger partial charge in [0.25, 0.3) is 0 Å². The minimum atomic E-state index is -2.45. The van der Waals surface area contributed by atoms with Crippen LogP contribution in [0.25, 0.3) is 0 Å². The predicted octanol–water partition coefficient (Wildman–Crippen LogP) is 4.95. The highest BCUT2D eigenvalue weighted by Crippen LogP contribution is 2.81. The van der Waals surface area contributed by atoms with E-state index in [1.807, 2.05) is 0 Å². The number of nitrogens with one attached hydrogen (secondary N) is 2. The molecule has 1 spiro atoms. The second-order valence-electron chi connectivity index (χ2n) is 8.05. The molecule has 2 bridgehead atoms. The summed E-state index contributed by atoms with van der Waals surface area (Å²) in [7, 11) is -4.35. The molecule has 3 fully saturated rings. The Morgan fingerprint density at radius 1 is 0.593 bits per heavy atom. The number of hydrogen-bond acceptors (Lipinski definition) is 8. The van der Waals surface area contributed by atoms with Crippen LogP contribution in [-0.4, -0.2) is 66.4 Å². The van der Waals surface area contributed by atoms with Crippen molar-refractivity contribution in [3.63, 3.8) is 0 Å². The van der Waals surface area contributed by atoms with Crippen molar-refractivity contribution in [2.75, 3.05) is 52.4 Å². The monoisotopic (exact) mass is 452 g/mol. The van der Waals surface area contributed by atoms with Crippen molar-refractivity contribution < 1.29 is 0 Å². The molecule has 5 heterocycles. The highest BCUT2D eigenvalue weighted by atomic mass is 35.7. The molecule has 0 saturated carbocycles. The first-order valence-corrected chi connectivity index (χ1v) is 16.4. The first-order chi connectivity index (χ1) is 13.1. The molecule has 5 rings (SSSR count). The second kappa shape index (κ2) is 7.80. The summed E-state index contributed by atoms with van der Waals surface area (Å²) >= 11 is 7.25. The zero-order valence-electron chi connectivity index (χ0n) is 16.0. The van der Waals surface area contributed by atoms with Crippen molar-refractivity contribution >= 4 is 33.0 Å². The van der Waals surface area contributed by atoms with Crippen LogP contribution in [0.2, 0.25) is 0 Å². The van der Waals surface area contributed by atoms with Crippen LogP contribution in [0.5, 0.6) is 0 Å². The third-order valence-corrected chi connectivity index (χ3v) is 18.3. The van der Waals surface area contributed by atoms with E-state index in [1.54, 1.807) is 0 Å². The molecule has 3 saturated heterocycles. The van der Waals surface area contributed by atoms with E-state index in [-0.39, 0.29) is 0 Å². The summed E-state index contributed by atoms with van der Waals surface area (Å²) in [6.45, 7) is 6.05. The summed E-state index contributed by atoms with van der Waals surface area (Å²) in [6.07, 6.45) is 8.49. The lowest BCUT2D eigenvalue weighted by molar-refractivity contribution is 0.399. The van der Waals surface area contributed by atoms with Crippen molar-refractivity contribution in [3.05, 3.63) is 0 Å². The minimum absolute atomic E-state index is 0.915. The fourth-order valence-electron chi connectivity index (χ4n) is 4.75. The van der Waals surface area contributed by atoms with E-state index in [2.05, 4.69) is 24.2 Å². The SMILES string of the molecule is ClP12=NP3(=NP(N4CCCC4)(N4CCCC4)=N1)NCCCN3CCCCN2. The Kier molecular flexibility index (Phi) is 5.70. The molecular formula is C15H32ClN8P3. The third kappa shape index (κ3) is 3.58. The lowest BCUT2D eigenvalue weighted by Crippen LogP contribution is -2.37. The lowest BCUT2D eigenvalue weighted by atomic mass is 10.3. The van der Waals surface area contributed by atoms with Gasteiger partial charge >= 0.3 is 0 Å². The van der Waals surface area contributed by atoms with E-state index in [0.29, 0.717) is 0 Å². The molecule has 0 amide bonds. The largest absolute Gasteiger partial charge is 0.253 e. The fourth-order valence-corrected chi connectivity index (χ4v) is 19.7. The van der Waals surface area contributed by atoms with Crippen molar-refractivity contribution in [2.24, 2.45) is 13.5 Å². The lowest BCUT2D eigenvalue weighted by Gasteiger charge is -2.46. The Balaban J connectivity index is 1.74. The molecule has 2 atom stereocenters. The molecule has 8 nitrogen and oxygen atoms in total.